The maximum atomic E-state index is 13.3. The highest BCUT2D eigenvalue weighted by atomic mass is 32.2. The summed E-state index contributed by atoms with van der Waals surface area (Å²) >= 11 is 0. The molecule has 20 heavy (non-hydrogen) atoms. The van der Waals surface area contributed by atoms with Gasteiger partial charge in [0, 0.05) is 18.7 Å². The molecule has 2 atom stereocenters. The van der Waals surface area contributed by atoms with Crippen LogP contribution in [0.25, 0.3) is 0 Å². The summed E-state index contributed by atoms with van der Waals surface area (Å²) in [7, 11) is -1.36. The molecule has 6 heteroatoms. The molecule has 0 saturated heterocycles. The molecule has 114 valence electrons. The molecule has 0 aliphatic heterocycles. The zero-order valence-corrected chi connectivity index (χ0v) is 12.8. The summed E-state index contributed by atoms with van der Waals surface area (Å²) < 4.78 is 41.1. The van der Waals surface area contributed by atoms with Gasteiger partial charge in [-0.05, 0) is 51.3 Å². The Bertz CT molecular complexity index is 454. The van der Waals surface area contributed by atoms with Gasteiger partial charge in [0.25, 0.3) is 0 Å². The van der Waals surface area contributed by atoms with Gasteiger partial charge in [-0.25, -0.2) is 17.7 Å². The maximum Gasteiger partial charge on any atom is 0.126 e. The number of benzene rings is 1. The molecule has 1 unspecified atom stereocenters. The fourth-order valence-corrected chi connectivity index (χ4v) is 2.54. The molecule has 3 nitrogen and oxygen atoms in total. The molecule has 0 radical (unpaired) electrons. The van der Waals surface area contributed by atoms with Crippen LogP contribution in [0.2, 0.25) is 0 Å². The van der Waals surface area contributed by atoms with Gasteiger partial charge >= 0.3 is 0 Å². The fraction of sp³-hybridized carbons (Fsp3) is 0.571. The van der Waals surface area contributed by atoms with Crippen molar-refractivity contribution in [2.75, 3.05) is 6.61 Å². The molecule has 0 fully saturated rings. The Morgan fingerprint density at radius 2 is 1.80 bits per heavy atom. The molecule has 2 N–H and O–H groups in total. The van der Waals surface area contributed by atoms with E-state index in [0.29, 0.717) is 18.4 Å². The largest absolute Gasteiger partial charge is 0.396 e. The second-order valence-corrected chi connectivity index (χ2v) is 7.62. The minimum atomic E-state index is -1.36. The first-order valence-corrected chi connectivity index (χ1v) is 7.64. The normalized spacial score (nSPS) is 15.1. The van der Waals surface area contributed by atoms with Crippen LogP contribution < -0.4 is 4.72 Å². The molecule has 0 bridgehead atoms. The van der Waals surface area contributed by atoms with Gasteiger partial charge in [-0.3, -0.25) is 0 Å². The zero-order valence-electron chi connectivity index (χ0n) is 12.0. The number of halogens is 2. The van der Waals surface area contributed by atoms with Gasteiger partial charge < -0.3 is 5.11 Å². The van der Waals surface area contributed by atoms with Crippen LogP contribution in [-0.4, -0.2) is 20.7 Å². The minimum absolute atomic E-state index is 0.0296. The van der Waals surface area contributed by atoms with Crippen molar-refractivity contribution in [3.05, 3.63) is 35.4 Å². The van der Waals surface area contributed by atoms with Crippen LogP contribution in [0, 0.1) is 11.6 Å². The first-order chi connectivity index (χ1) is 9.24. The molecule has 0 saturated carbocycles. The molecule has 0 aliphatic rings. The maximum absolute atomic E-state index is 13.3. The van der Waals surface area contributed by atoms with E-state index in [1.165, 1.54) is 12.1 Å². The molecule has 0 aliphatic carbocycles. The van der Waals surface area contributed by atoms with Crippen LogP contribution in [0.5, 0.6) is 0 Å². The molecule has 0 aromatic heterocycles. The van der Waals surface area contributed by atoms with E-state index >= 15 is 0 Å². The van der Waals surface area contributed by atoms with E-state index in [9.17, 15) is 13.0 Å². The van der Waals surface area contributed by atoms with Crippen molar-refractivity contribution in [1.82, 2.24) is 4.72 Å². The van der Waals surface area contributed by atoms with Gasteiger partial charge in [-0.15, -0.1) is 0 Å². The van der Waals surface area contributed by atoms with Crippen molar-refractivity contribution < 1.29 is 18.1 Å². The van der Waals surface area contributed by atoms with Gasteiger partial charge in [0.05, 0.1) is 15.7 Å². The van der Waals surface area contributed by atoms with E-state index < -0.39 is 33.4 Å². The molecule has 0 heterocycles. The quantitative estimate of drug-likeness (QED) is 0.849. The predicted molar refractivity (Wildman–Crippen MR) is 76.4 cm³/mol. The summed E-state index contributed by atoms with van der Waals surface area (Å²) in [6.45, 7) is 5.40. The van der Waals surface area contributed by atoms with Gasteiger partial charge in [0.1, 0.15) is 11.6 Å². The van der Waals surface area contributed by atoms with Crippen LogP contribution >= 0.6 is 0 Å². The molecule has 1 aromatic rings. The number of rotatable bonds is 6. The molecule has 0 spiro atoms. The monoisotopic (exact) mass is 305 g/mol. The Balaban J connectivity index is 2.96. The summed E-state index contributed by atoms with van der Waals surface area (Å²) in [5.41, 5.74) is 0.397. The number of hydrogen-bond donors (Lipinski definition) is 2. The highest BCUT2D eigenvalue weighted by Gasteiger charge is 2.24. The lowest BCUT2D eigenvalue weighted by Crippen LogP contribution is -2.36. The van der Waals surface area contributed by atoms with Crippen molar-refractivity contribution in [3.63, 3.8) is 0 Å². The smallest absolute Gasteiger partial charge is 0.126 e. The lowest BCUT2D eigenvalue weighted by molar-refractivity contribution is 0.278. The van der Waals surface area contributed by atoms with Crippen molar-refractivity contribution in [3.8, 4) is 0 Å². The SMILES string of the molecule is CC(C)(C)S(=O)N[C@@H](CCCO)c1cc(F)cc(F)c1. The van der Waals surface area contributed by atoms with Crippen molar-refractivity contribution in [2.24, 2.45) is 0 Å². The highest BCUT2D eigenvalue weighted by Crippen LogP contribution is 2.23. The van der Waals surface area contributed by atoms with Crippen LogP contribution in [0.15, 0.2) is 18.2 Å². The van der Waals surface area contributed by atoms with Gasteiger partial charge in [-0.2, -0.15) is 0 Å². The fourth-order valence-electron chi connectivity index (χ4n) is 1.67. The van der Waals surface area contributed by atoms with Gasteiger partial charge in [0.2, 0.25) is 0 Å². The molecular formula is C14H21F2NO2S. The van der Waals surface area contributed by atoms with Gasteiger partial charge in [-0.1, -0.05) is 0 Å². The lowest BCUT2D eigenvalue weighted by atomic mass is 10.0. The Morgan fingerprint density at radius 1 is 1.25 bits per heavy atom. The summed E-state index contributed by atoms with van der Waals surface area (Å²) in [6, 6.07) is 2.77. The van der Waals surface area contributed by atoms with Crippen molar-refractivity contribution in [1.29, 1.82) is 0 Å². The second-order valence-electron chi connectivity index (χ2n) is 5.62. The Kier molecular flexibility index (Phi) is 6.23. The van der Waals surface area contributed by atoms with E-state index in [-0.39, 0.29) is 6.61 Å². The Hall–Kier alpha value is -0.850. The first kappa shape index (κ1) is 17.2. The highest BCUT2D eigenvalue weighted by molar-refractivity contribution is 7.84. The molecule has 0 amide bonds. The summed E-state index contributed by atoms with van der Waals surface area (Å²) in [6.07, 6.45) is 0.901. The van der Waals surface area contributed by atoms with E-state index in [1.807, 2.05) is 20.8 Å². The Labute approximate surface area is 121 Å². The van der Waals surface area contributed by atoms with E-state index in [4.69, 9.17) is 5.11 Å². The number of aliphatic hydroxyl groups excluding tert-OH is 1. The van der Waals surface area contributed by atoms with Gasteiger partial charge in [0.15, 0.2) is 0 Å². The Morgan fingerprint density at radius 3 is 2.25 bits per heavy atom. The third kappa shape index (κ3) is 5.26. The van der Waals surface area contributed by atoms with E-state index in [1.54, 1.807) is 0 Å². The third-order valence-electron chi connectivity index (χ3n) is 2.74. The predicted octanol–water partition coefficient (Wildman–Crippen LogP) is 2.83. The van der Waals surface area contributed by atoms with Crippen molar-refractivity contribution in [2.45, 2.75) is 44.4 Å². The standard InChI is InChI=1S/C14H21F2NO2S/c1-14(2,3)20(19)17-13(5-4-6-18)10-7-11(15)9-12(16)8-10/h7-9,13,17-18H,4-6H2,1-3H3/t13-,20?/m0/s1. The molecule has 1 aromatic carbocycles. The molecule has 1 rings (SSSR count). The molecular weight excluding hydrogens is 284 g/mol. The topological polar surface area (TPSA) is 49.3 Å². The van der Waals surface area contributed by atoms with E-state index in [2.05, 4.69) is 4.72 Å². The summed E-state index contributed by atoms with van der Waals surface area (Å²) in [4.78, 5) is 0. The number of nitrogens with one attached hydrogen (secondary N) is 1. The average molecular weight is 305 g/mol. The van der Waals surface area contributed by atoms with E-state index in [0.717, 1.165) is 6.07 Å². The van der Waals surface area contributed by atoms with Crippen LogP contribution in [0.1, 0.15) is 45.2 Å². The van der Waals surface area contributed by atoms with Crippen LogP contribution in [-0.2, 0) is 11.0 Å². The first-order valence-electron chi connectivity index (χ1n) is 6.49. The summed E-state index contributed by atoms with van der Waals surface area (Å²) in [5, 5.41) is 8.91. The van der Waals surface area contributed by atoms with Crippen LogP contribution in [0.4, 0.5) is 8.78 Å². The average Bonchev–Trinajstić information content (AvgIpc) is 2.31. The number of aliphatic hydroxyl groups is 1. The second kappa shape index (κ2) is 7.24. The summed E-state index contributed by atoms with van der Waals surface area (Å²) in [5.74, 6) is -1.34. The third-order valence-corrected chi connectivity index (χ3v) is 4.35. The van der Waals surface area contributed by atoms with Crippen molar-refractivity contribution >= 4 is 11.0 Å². The number of hydrogen-bond acceptors (Lipinski definition) is 2. The van der Waals surface area contributed by atoms with Crippen LogP contribution in [0.3, 0.4) is 0 Å². The minimum Gasteiger partial charge on any atom is -0.396 e. The lowest BCUT2D eigenvalue weighted by Gasteiger charge is -2.24. The zero-order chi connectivity index (χ0) is 15.3.